The molecule has 0 spiro atoms. The summed E-state index contributed by atoms with van der Waals surface area (Å²) in [5.41, 5.74) is 2.37. The molecule has 0 radical (unpaired) electrons. The highest BCUT2D eigenvalue weighted by Crippen LogP contribution is 2.47. The standard InChI is InChI=1S/C26H29FN2O5/c27-17-3-1-2-16(8-17)13-28-24(31)12-19-11-21-20-10-18(29-25(32)9-15-4-5-15)6-7-22(20)34-26(21)23(14-30)33-19/h1-3,6-8,10,15,19,21,23,26,30H,4-5,9,11-14H2,(H,28,31)(H,29,32)/t19-,21+,23+,26-/m0/s1. The number of rotatable bonds is 8. The molecule has 0 bridgehead atoms. The first-order valence-electron chi connectivity index (χ1n) is 11.9. The Hall–Kier alpha value is -2.97. The maximum Gasteiger partial charge on any atom is 0.224 e. The van der Waals surface area contributed by atoms with Gasteiger partial charge in [-0.25, -0.2) is 4.39 Å². The van der Waals surface area contributed by atoms with E-state index in [1.54, 1.807) is 12.1 Å². The van der Waals surface area contributed by atoms with E-state index < -0.39 is 12.2 Å². The number of amides is 2. The summed E-state index contributed by atoms with van der Waals surface area (Å²) in [5.74, 6) is 0.643. The Labute approximate surface area is 197 Å². The Kier molecular flexibility index (Phi) is 6.52. The van der Waals surface area contributed by atoms with Crippen LogP contribution in [0.4, 0.5) is 10.1 Å². The highest BCUT2D eigenvalue weighted by molar-refractivity contribution is 5.91. The number of halogens is 1. The summed E-state index contributed by atoms with van der Waals surface area (Å²) in [5, 5.41) is 15.7. The van der Waals surface area contributed by atoms with Crippen molar-refractivity contribution >= 4 is 17.5 Å². The van der Waals surface area contributed by atoms with Crippen molar-refractivity contribution in [1.29, 1.82) is 0 Å². The van der Waals surface area contributed by atoms with E-state index in [9.17, 15) is 19.1 Å². The number of carbonyl (C=O) groups excluding carboxylic acids is 2. The van der Waals surface area contributed by atoms with Gasteiger partial charge < -0.3 is 25.2 Å². The van der Waals surface area contributed by atoms with Gasteiger partial charge in [-0.15, -0.1) is 0 Å². The summed E-state index contributed by atoms with van der Waals surface area (Å²) in [7, 11) is 0. The second-order valence-electron chi connectivity index (χ2n) is 9.46. The Morgan fingerprint density at radius 2 is 1.94 bits per heavy atom. The largest absolute Gasteiger partial charge is 0.487 e. The molecule has 0 aromatic heterocycles. The molecule has 2 fully saturated rings. The summed E-state index contributed by atoms with van der Waals surface area (Å²) in [6.45, 7) is 0.0101. The number of hydrogen-bond acceptors (Lipinski definition) is 5. The van der Waals surface area contributed by atoms with Crippen LogP contribution in [0.25, 0.3) is 0 Å². The Morgan fingerprint density at radius 3 is 2.71 bits per heavy atom. The van der Waals surface area contributed by atoms with Crippen LogP contribution in [0, 0.1) is 11.7 Å². The summed E-state index contributed by atoms with van der Waals surface area (Å²) in [4.78, 5) is 24.8. The first-order chi connectivity index (χ1) is 16.5. The molecule has 34 heavy (non-hydrogen) atoms. The molecule has 2 heterocycles. The lowest BCUT2D eigenvalue weighted by Crippen LogP contribution is -2.47. The Balaban J connectivity index is 1.23. The number of hydrogen-bond donors (Lipinski definition) is 3. The van der Waals surface area contributed by atoms with Gasteiger partial charge in [0.2, 0.25) is 11.8 Å². The van der Waals surface area contributed by atoms with E-state index >= 15 is 0 Å². The maximum absolute atomic E-state index is 13.4. The van der Waals surface area contributed by atoms with Gasteiger partial charge >= 0.3 is 0 Å². The van der Waals surface area contributed by atoms with Crippen molar-refractivity contribution < 1.29 is 28.6 Å². The fourth-order valence-corrected chi connectivity index (χ4v) is 4.89. The first-order valence-corrected chi connectivity index (χ1v) is 11.9. The molecule has 2 aromatic carbocycles. The zero-order chi connectivity index (χ0) is 23.7. The zero-order valence-electron chi connectivity index (χ0n) is 18.8. The van der Waals surface area contributed by atoms with Crippen molar-refractivity contribution in [1.82, 2.24) is 5.32 Å². The van der Waals surface area contributed by atoms with E-state index in [4.69, 9.17) is 9.47 Å². The molecule has 2 aromatic rings. The summed E-state index contributed by atoms with van der Waals surface area (Å²) in [6.07, 6.45) is 2.18. The van der Waals surface area contributed by atoms with Gasteiger partial charge in [0.25, 0.3) is 0 Å². The van der Waals surface area contributed by atoms with Crippen molar-refractivity contribution in [2.45, 2.75) is 62.9 Å². The predicted octanol–water partition coefficient (Wildman–Crippen LogP) is 3.27. The average Bonchev–Trinajstić information content (AvgIpc) is 3.55. The molecular formula is C26H29FN2O5. The second kappa shape index (κ2) is 9.72. The predicted molar refractivity (Wildman–Crippen MR) is 123 cm³/mol. The van der Waals surface area contributed by atoms with Crippen LogP contribution in [-0.4, -0.2) is 41.8 Å². The van der Waals surface area contributed by atoms with Crippen molar-refractivity contribution in [3.8, 4) is 5.75 Å². The van der Waals surface area contributed by atoms with Gasteiger partial charge in [0, 0.05) is 30.1 Å². The van der Waals surface area contributed by atoms with Crippen molar-refractivity contribution in [3.63, 3.8) is 0 Å². The second-order valence-corrected chi connectivity index (χ2v) is 9.46. The molecule has 180 valence electrons. The molecular weight excluding hydrogens is 439 g/mol. The van der Waals surface area contributed by atoms with E-state index in [0.717, 1.165) is 24.1 Å². The van der Waals surface area contributed by atoms with Gasteiger partial charge in [0.15, 0.2) is 0 Å². The van der Waals surface area contributed by atoms with Crippen LogP contribution in [0.3, 0.4) is 0 Å². The van der Waals surface area contributed by atoms with Gasteiger partial charge in [-0.05, 0) is 61.1 Å². The quantitative estimate of drug-likeness (QED) is 0.553. The number of aliphatic hydroxyl groups excluding tert-OH is 1. The topological polar surface area (TPSA) is 96.9 Å². The monoisotopic (exact) mass is 468 g/mol. The SMILES string of the molecule is O=C(C[C@@H]1C[C@@H]2c3cc(NC(=O)CC4CC4)ccc3O[C@@H]2[C@@H](CO)O1)NCc1cccc(F)c1. The molecule has 1 saturated heterocycles. The van der Waals surface area contributed by atoms with Gasteiger partial charge in [0.05, 0.1) is 19.1 Å². The van der Waals surface area contributed by atoms with Gasteiger partial charge in [-0.2, -0.15) is 0 Å². The Morgan fingerprint density at radius 1 is 1.09 bits per heavy atom. The van der Waals surface area contributed by atoms with Crippen LogP contribution in [0.15, 0.2) is 42.5 Å². The molecule has 3 N–H and O–H groups in total. The van der Waals surface area contributed by atoms with E-state index in [1.807, 2.05) is 18.2 Å². The summed E-state index contributed by atoms with van der Waals surface area (Å²) < 4.78 is 25.4. The third-order valence-corrected chi connectivity index (χ3v) is 6.75. The number of nitrogens with one attached hydrogen (secondary N) is 2. The number of aliphatic hydroxyl groups is 1. The van der Waals surface area contributed by atoms with Crippen LogP contribution in [0.2, 0.25) is 0 Å². The first kappa shape index (κ1) is 22.8. The fraction of sp³-hybridized carbons (Fsp3) is 0.462. The highest BCUT2D eigenvalue weighted by Gasteiger charge is 2.46. The normalized spacial score (nSPS) is 25.1. The minimum absolute atomic E-state index is 0.0194. The van der Waals surface area contributed by atoms with E-state index in [-0.39, 0.29) is 49.2 Å². The molecule has 0 unspecified atom stereocenters. The minimum atomic E-state index is -0.555. The van der Waals surface area contributed by atoms with Crippen molar-refractivity contribution in [3.05, 3.63) is 59.4 Å². The lowest BCUT2D eigenvalue weighted by Gasteiger charge is -2.37. The molecule has 8 heteroatoms. The molecule has 2 aliphatic heterocycles. The number of benzene rings is 2. The van der Waals surface area contributed by atoms with Crippen LogP contribution in [0.1, 0.15) is 49.1 Å². The average molecular weight is 469 g/mol. The maximum atomic E-state index is 13.4. The lowest BCUT2D eigenvalue weighted by atomic mass is 9.84. The third kappa shape index (κ3) is 5.23. The van der Waals surface area contributed by atoms with E-state index in [1.165, 1.54) is 12.1 Å². The molecule has 1 saturated carbocycles. The lowest BCUT2D eigenvalue weighted by molar-refractivity contribution is -0.142. The van der Waals surface area contributed by atoms with Gasteiger partial charge in [-0.1, -0.05) is 12.1 Å². The smallest absolute Gasteiger partial charge is 0.224 e. The molecule has 3 aliphatic rings. The summed E-state index contributed by atoms with van der Waals surface area (Å²) >= 11 is 0. The number of ether oxygens (including phenoxy) is 2. The third-order valence-electron chi connectivity index (χ3n) is 6.75. The van der Waals surface area contributed by atoms with E-state index in [2.05, 4.69) is 10.6 Å². The number of fused-ring (bicyclic) bond motifs is 3. The fourth-order valence-electron chi connectivity index (χ4n) is 4.89. The van der Waals surface area contributed by atoms with Crippen LogP contribution >= 0.6 is 0 Å². The van der Waals surface area contributed by atoms with Crippen molar-refractivity contribution in [2.24, 2.45) is 5.92 Å². The van der Waals surface area contributed by atoms with E-state index in [0.29, 0.717) is 30.1 Å². The highest BCUT2D eigenvalue weighted by atomic mass is 19.1. The molecule has 4 atom stereocenters. The molecule has 7 nitrogen and oxygen atoms in total. The number of carbonyl (C=O) groups is 2. The minimum Gasteiger partial charge on any atom is -0.487 e. The van der Waals surface area contributed by atoms with Gasteiger partial charge in [-0.3, -0.25) is 9.59 Å². The molecule has 5 rings (SSSR count). The molecule has 2 amide bonds. The van der Waals surface area contributed by atoms with Gasteiger partial charge in [0.1, 0.15) is 23.8 Å². The van der Waals surface area contributed by atoms with Crippen molar-refractivity contribution in [2.75, 3.05) is 11.9 Å². The van der Waals surface area contributed by atoms with Crippen LogP contribution < -0.4 is 15.4 Å². The van der Waals surface area contributed by atoms with Crippen LogP contribution in [0.5, 0.6) is 5.75 Å². The summed E-state index contributed by atoms with van der Waals surface area (Å²) in [6, 6.07) is 11.7. The molecule has 1 aliphatic carbocycles. The zero-order valence-corrected chi connectivity index (χ0v) is 18.8. The van der Waals surface area contributed by atoms with Crippen LogP contribution in [-0.2, 0) is 20.9 Å². The Bertz CT molecular complexity index is 1070. The number of anilines is 1.